The van der Waals surface area contributed by atoms with Crippen molar-refractivity contribution < 1.29 is 8.42 Å². The van der Waals surface area contributed by atoms with Crippen molar-refractivity contribution in [2.75, 3.05) is 10.5 Å². The van der Waals surface area contributed by atoms with Crippen molar-refractivity contribution in [3.8, 4) is 0 Å². The lowest BCUT2D eigenvalue weighted by Gasteiger charge is -1.98. The highest BCUT2D eigenvalue weighted by atomic mass is 32.2. The summed E-state index contributed by atoms with van der Waals surface area (Å²) >= 11 is 1.84. The van der Waals surface area contributed by atoms with Crippen LogP contribution in [0.15, 0.2) is 9.85 Å². The van der Waals surface area contributed by atoms with Gasteiger partial charge >= 0.3 is 0 Å². The molecule has 0 aliphatic rings. The van der Waals surface area contributed by atoms with Crippen LogP contribution in [-0.2, 0) is 10.0 Å². The van der Waals surface area contributed by atoms with E-state index in [0.717, 1.165) is 22.7 Å². The van der Waals surface area contributed by atoms with E-state index in [4.69, 9.17) is 5.73 Å². The molecule has 0 radical (unpaired) electrons. The molecule has 15 heavy (non-hydrogen) atoms. The summed E-state index contributed by atoms with van der Waals surface area (Å²) in [5, 5.41) is 14.1. The van der Waals surface area contributed by atoms with Gasteiger partial charge in [-0.1, -0.05) is 22.7 Å². The third kappa shape index (κ3) is 2.19. The molecule has 0 fully saturated rings. The van der Waals surface area contributed by atoms with Gasteiger partial charge in [0.25, 0.3) is 14.4 Å². The third-order valence-electron chi connectivity index (χ3n) is 1.23. The minimum Gasteiger partial charge on any atom is -0.374 e. The number of anilines is 2. The largest absolute Gasteiger partial charge is 0.374 e. The van der Waals surface area contributed by atoms with Gasteiger partial charge in [-0.05, 0) is 0 Å². The van der Waals surface area contributed by atoms with Gasteiger partial charge in [-0.3, -0.25) is 4.72 Å². The van der Waals surface area contributed by atoms with Crippen LogP contribution >= 0.6 is 22.7 Å². The van der Waals surface area contributed by atoms with Crippen LogP contribution in [0.5, 0.6) is 0 Å². The fourth-order valence-electron chi connectivity index (χ4n) is 0.705. The Bertz CT molecular complexity index is 545. The van der Waals surface area contributed by atoms with Gasteiger partial charge in [0.2, 0.25) is 10.3 Å². The molecule has 80 valence electrons. The quantitative estimate of drug-likeness (QED) is 0.784. The van der Waals surface area contributed by atoms with E-state index in [9.17, 15) is 8.42 Å². The van der Waals surface area contributed by atoms with Gasteiger partial charge in [-0.15, -0.1) is 20.4 Å². The van der Waals surface area contributed by atoms with E-state index < -0.39 is 10.0 Å². The minimum atomic E-state index is -3.74. The van der Waals surface area contributed by atoms with Gasteiger partial charge in [0, 0.05) is 0 Å². The molecule has 0 amide bonds. The Labute approximate surface area is 92.2 Å². The van der Waals surface area contributed by atoms with Gasteiger partial charge in [0.1, 0.15) is 5.51 Å². The molecule has 11 heteroatoms. The Morgan fingerprint density at radius 2 is 2.13 bits per heavy atom. The van der Waals surface area contributed by atoms with E-state index in [-0.39, 0.29) is 14.6 Å². The van der Waals surface area contributed by atoms with Gasteiger partial charge in [0.15, 0.2) is 0 Å². The fourth-order valence-corrected chi connectivity index (χ4v) is 3.18. The highest BCUT2D eigenvalue weighted by Gasteiger charge is 2.20. The normalized spacial score (nSPS) is 11.5. The molecule has 0 saturated heterocycles. The van der Waals surface area contributed by atoms with Crippen LogP contribution < -0.4 is 10.5 Å². The van der Waals surface area contributed by atoms with Crippen molar-refractivity contribution >= 4 is 43.0 Å². The van der Waals surface area contributed by atoms with Crippen LogP contribution in [0.2, 0.25) is 0 Å². The Morgan fingerprint density at radius 1 is 1.33 bits per heavy atom. The number of hydrogen-bond donors (Lipinski definition) is 2. The van der Waals surface area contributed by atoms with E-state index in [1.807, 2.05) is 0 Å². The predicted octanol–water partition coefficient (Wildman–Crippen LogP) is -0.227. The zero-order chi connectivity index (χ0) is 10.9. The van der Waals surface area contributed by atoms with Crippen LogP contribution in [0.4, 0.5) is 10.3 Å². The number of nitrogens with one attached hydrogen (secondary N) is 1. The van der Waals surface area contributed by atoms with Crippen LogP contribution in [0, 0.1) is 0 Å². The lowest BCUT2D eigenvalue weighted by molar-refractivity contribution is 0.599. The molecule has 2 rings (SSSR count). The lowest BCUT2D eigenvalue weighted by atomic mass is 11.3. The van der Waals surface area contributed by atoms with E-state index in [0.29, 0.717) is 0 Å². The summed E-state index contributed by atoms with van der Waals surface area (Å²) in [6.45, 7) is 0. The first-order valence-corrected chi connectivity index (χ1v) is 6.64. The minimum absolute atomic E-state index is 0.0904. The molecule has 2 aromatic heterocycles. The van der Waals surface area contributed by atoms with Crippen molar-refractivity contribution in [2.24, 2.45) is 0 Å². The number of aromatic nitrogens is 4. The molecular weight excluding hydrogens is 260 g/mol. The summed E-state index contributed by atoms with van der Waals surface area (Å²) in [5.41, 5.74) is 6.69. The second kappa shape index (κ2) is 3.67. The lowest BCUT2D eigenvalue weighted by Crippen LogP contribution is -2.12. The van der Waals surface area contributed by atoms with Crippen molar-refractivity contribution in [1.29, 1.82) is 0 Å². The molecular formula is C4H4N6O2S3. The van der Waals surface area contributed by atoms with Crippen molar-refractivity contribution in [3.63, 3.8) is 0 Å². The number of nitrogens with zero attached hydrogens (tertiary/aromatic N) is 4. The Balaban J connectivity index is 2.28. The van der Waals surface area contributed by atoms with E-state index >= 15 is 0 Å². The third-order valence-corrected chi connectivity index (χ3v) is 4.43. The molecule has 8 nitrogen and oxygen atoms in total. The molecule has 0 aliphatic heterocycles. The van der Waals surface area contributed by atoms with Crippen molar-refractivity contribution in [2.45, 2.75) is 4.34 Å². The van der Waals surface area contributed by atoms with Crippen LogP contribution in [-0.4, -0.2) is 28.8 Å². The summed E-state index contributed by atoms with van der Waals surface area (Å²) < 4.78 is 25.2. The van der Waals surface area contributed by atoms with Crippen molar-refractivity contribution in [1.82, 2.24) is 20.4 Å². The Morgan fingerprint density at radius 3 is 2.67 bits per heavy atom. The van der Waals surface area contributed by atoms with Gasteiger partial charge < -0.3 is 5.73 Å². The molecule has 0 saturated carbocycles. The fraction of sp³-hybridized carbons (Fsp3) is 0. The predicted molar refractivity (Wildman–Crippen MR) is 55.0 cm³/mol. The summed E-state index contributed by atoms with van der Waals surface area (Å²) in [6.07, 6.45) is 0. The first-order valence-electron chi connectivity index (χ1n) is 3.46. The first-order chi connectivity index (χ1) is 7.08. The van der Waals surface area contributed by atoms with Crippen LogP contribution in [0.3, 0.4) is 0 Å². The van der Waals surface area contributed by atoms with E-state index in [2.05, 4.69) is 25.1 Å². The second-order valence-electron chi connectivity index (χ2n) is 2.26. The molecule has 2 aromatic rings. The Hall–Kier alpha value is -1.33. The maximum absolute atomic E-state index is 11.6. The number of nitrogen functional groups attached to an aromatic ring is 1. The van der Waals surface area contributed by atoms with Crippen molar-refractivity contribution in [3.05, 3.63) is 5.51 Å². The molecule has 0 aromatic carbocycles. The maximum atomic E-state index is 11.6. The highest BCUT2D eigenvalue weighted by Crippen LogP contribution is 2.20. The van der Waals surface area contributed by atoms with E-state index in [1.54, 1.807) is 0 Å². The summed E-state index contributed by atoms with van der Waals surface area (Å²) in [4.78, 5) is 0. The number of sulfonamides is 1. The molecule has 0 atom stereocenters. The number of rotatable bonds is 3. The molecule has 0 bridgehead atoms. The number of nitrogens with two attached hydrogens (primary N) is 1. The average molecular weight is 264 g/mol. The van der Waals surface area contributed by atoms with Crippen LogP contribution in [0.1, 0.15) is 0 Å². The van der Waals surface area contributed by atoms with Gasteiger partial charge in [0.05, 0.1) is 0 Å². The highest BCUT2D eigenvalue weighted by molar-refractivity contribution is 7.94. The molecule has 0 unspecified atom stereocenters. The first kappa shape index (κ1) is 10.2. The molecule has 3 N–H and O–H groups in total. The van der Waals surface area contributed by atoms with Crippen LogP contribution in [0.25, 0.3) is 0 Å². The standard InChI is InChI=1S/C4H4N6O2S3/c5-2-7-9-4(14-2)15(11,12)10-3-8-6-1-13-3/h1H,(H2,5,7)(H,8,10). The van der Waals surface area contributed by atoms with Gasteiger partial charge in [-0.2, -0.15) is 8.42 Å². The van der Waals surface area contributed by atoms with E-state index in [1.165, 1.54) is 5.51 Å². The zero-order valence-corrected chi connectivity index (χ0v) is 9.43. The summed E-state index contributed by atoms with van der Waals surface area (Å²) in [6, 6.07) is 0. The SMILES string of the molecule is Nc1nnc(S(=O)(=O)Nc2nncs2)s1. The van der Waals surface area contributed by atoms with Gasteiger partial charge in [-0.25, -0.2) is 0 Å². The summed E-state index contributed by atoms with van der Waals surface area (Å²) in [7, 11) is -3.74. The molecule has 0 spiro atoms. The maximum Gasteiger partial charge on any atom is 0.293 e. The molecule has 2 heterocycles. The smallest absolute Gasteiger partial charge is 0.293 e. The molecule has 0 aliphatic carbocycles. The average Bonchev–Trinajstić information content (AvgIpc) is 2.75. The zero-order valence-electron chi connectivity index (χ0n) is 6.98. The Kier molecular flexibility index (Phi) is 2.50. The second-order valence-corrected chi connectivity index (χ2v) is 5.95. The summed E-state index contributed by atoms with van der Waals surface area (Å²) in [5.74, 6) is 0. The topological polar surface area (TPSA) is 124 Å². The monoisotopic (exact) mass is 264 g/mol. The number of hydrogen-bond acceptors (Lipinski definition) is 9.